The number of methoxy groups -OCH3 is 1. The highest BCUT2D eigenvalue weighted by Crippen LogP contribution is 2.35. The Morgan fingerprint density at radius 1 is 1.43 bits per heavy atom. The van der Waals surface area contributed by atoms with Crippen LogP contribution < -0.4 is 16.0 Å². The molecule has 1 aromatic rings. The van der Waals surface area contributed by atoms with Crippen molar-refractivity contribution in [2.45, 2.75) is 13.3 Å². The molecule has 6 nitrogen and oxygen atoms in total. The molecule has 6 heteroatoms. The van der Waals surface area contributed by atoms with Crippen molar-refractivity contribution in [3.63, 3.8) is 0 Å². The molecule has 1 fully saturated rings. The number of esters is 1. The van der Waals surface area contributed by atoms with Gasteiger partial charge in [-0.25, -0.2) is 4.79 Å². The molecule has 114 valence electrons. The first-order valence-electron chi connectivity index (χ1n) is 6.86. The molecule has 21 heavy (non-hydrogen) atoms. The topological polar surface area (TPSA) is 84.7 Å². The SMILES string of the molecule is CNC(=O)C1(C)CCN(c2ccc(N)cc2C(=O)OC)C1. The minimum absolute atomic E-state index is 0.0139. The van der Waals surface area contributed by atoms with E-state index in [9.17, 15) is 9.59 Å². The number of nitrogens with two attached hydrogens (primary N) is 1. The van der Waals surface area contributed by atoms with E-state index in [1.807, 2.05) is 11.8 Å². The summed E-state index contributed by atoms with van der Waals surface area (Å²) in [6, 6.07) is 5.16. The van der Waals surface area contributed by atoms with Crippen molar-refractivity contribution in [2.24, 2.45) is 5.41 Å². The van der Waals surface area contributed by atoms with Gasteiger partial charge in [0.25, 0.3) is 0 Å². The number of carbonyl (C=O) groups excluding carboxylic acids is 2. The average Bonchev–Trinajstić information content (AvgIpc) is 2.89. The maximum atomic E-state index is 12.0. The van der Waals surface area contributed by atoms with Gasteiger partial charge >= 0.3 is 5.97 Å². The molecular weight excluding hydrogens is 270 g/mol. The van der Waals surface area contributed by atoms with Crippen LogP contribution in [0.1, 0.15) is 23.7 Å². The van der Waals surface area contributed by atoms with Crippen molar-refractivity contribution in [2.75, 3.05) is 37.9 Å². The molecule has 2 rings (SSSR count). The fraction of sp³-hybridized carbons (Fsp3) is 0.467. The number of hydrogen-bond acceptors (Lipinski definition) is 5. The number of nitrogens with zero attached hydrogens (tertiary/aromatic N) is 1. The van der Waals surface area contributed by atoms with E-state index < -0.39 is 11.4 Å². The van der Waals surface area contributed by atoms with Crippen LogP contribution >= 0.6 is 0 Å². The standard InChI is InChI=1S/C15H21N3O3/c1-15(14(20)17-2)6-7-18(9-15)12-5-4-10(16)8-11(12)13(19)21-3/h4-5,8H,6-7,9,16H2,1-3H3,(H,17,20). The fourth-order valence-electron chi connectivity index (χ4n) is 2.76. The maximum absolute atomic E-state index is 12.0. The molecule has 0 spiro atoms. The van der Waals surface area contributed by atoms with Gasteiger partial charge in [0.05, 0.1) is 23.8 Å². The lowest BCUT2D eigenvalue weighted by molar-refractivity contribution is -0.128. The normalized spacial score (nSPS) is 21.2. The lowest BCUT2D eigenvalue weighted by Gasteiger charge is -2.25. The highest BCUT2D eigenvalue weighted by atomic mass is 16.5. The van der Waals surface area contributed by atoms with Crippen molar-refractivity contribution in [3.8, 4) is 0 Å². The van der Waals surface area contributed by atoms with E-state index in [-0.39, 0.29) is 5.91 Å². The van der Waals surface area contributed by atoms with Gasteiger partial charge < -0.3 is 20.7 Å². The number of nitrogens with one attached hydrogen (secondary N) is 1. The zero-order valence-corrected chi connectivity index (χ0v) is 12.6. The Balaban J connectivity index is 2.32. The Kier molecular flexibility index (Phi) is 4.06. The van der Waals surface area contributed by atoms with Crippen LogP contribution in [0.3, 0.4) is 0 Å². The van der Waals surface area contributed by atoms with E-state index in [4.69, 9.17) is 10.5 Å². The van der Waals surface area contributed by atoms with E-state index in [1.165, 1.54) is 7.11 Å². The van der Waals surface area contributed by atoms with Crippen molar-refractivity contribution in [1.29, 1.82) is 0 Å². The number of hydrogen-bond donors (Lipinski definition) is 2. The summed E-state index contributed by atoms with van der Waals surface area (Å²) in [7, 11) is 2.98. The summed E-state index contributed by atoms with van der Waals surface area (Å²) < 4.78 is 4.81. The zero-order chi connectivity index (χ0) is 15.6. The Morgan fingerprint density at radius 2 is 2.14 bits per heavy atom. The van der Waals surface area contributed by atoms with Crippen LogP contribution in [0.25, 0.3) is 0 Å². The molecule has 0 bridgehead atoms. The molecule has 3 N–H and O–H groups in total. The third kappa shape index (κ3) is 2.79. The lowest BCUT2D eigenvalue weighted by Crippen LogP contribution is -2.39. The molecule has 1 amide bonds. The minimum Gasteiger partial charge on any atom is -0.465 e. The summed E-state index contributed by atoms with van der Waals surface area (Å²) in [6.45, 7) is 3.19. The zero-order valence-electron chi connectivity index (χ0n) is 12.6. The minimum atomic E-state index is -0.455. The monoisotopic (exact) mass is 291 g/mol. The third-order valence-electron chi connectivity index (χ3n) is 4.02. The second-order valence-corrected chi connectivity index (χ2v) is 5.58. The van der Waals surface area contributed by atoms with Crippen LogP contribution in [0.4, 0.5) is 11.4 Å². The lowest BCUT2D eigenvalue weighted by atomic mass is 9.89. The molecule has 0 saturated carbocycles. The van der Waals surface area contributed by atoms with Crippen LogP contribution in [-0.4, -0.2) is 39.1 Å². The largest absolute Gasteiger partial charge is 0.465 e. The number of ether oxygens (including phenoxy) is 1. The van der Waals surface area contributed by atoms with Gasteiger partial charge in [-0.15, -0.1) is 0 Å². The Labute approximate surface area is 124 Å². The first-order chi connectivity index (χ1) is 9.91. The highest BCUT2D eigenvalue weighted by Gasteiger charge is 2.40. The first-order valence-corrected chi connectivity index (χ1v) is 6.86. The first kappa shape index (κ1) is 15.2. The summed E-state index contributed by atoms with van der Waals surface area (Å²) in [5.74, 6) is -0.411. The predicted molar refractivity (Wildman–Crippen MR) is 81.2 cm³/mol. The van der Waals surface area contributed by atoms with Crippen molar-refractivity contribution in [1.82, 2.24) is 5.32 Å². The van der Waals surface area contributed by atoms with Crippen molar-refractivity contribution in [3.05, 3.63) is 23.8 Å². The Bertz CT molecular complexity index is 573. The molecule has 0 aromatic heterocycles. The van der Waals surface area contributed by atoms with Gasteiger partial charge in [0.15, 0.2) is 0 Å². The van der Waals surface area contributed by atoms with Gasteiger partial charge in [-0.3, -0.25) is 4.79 Å². The molecular formula is C15H21N3O3. The maximum Gasteiger partial charge on any atom is 0.340 e. The molecule has 1 unspecified atom stereocenters. The molecule has 0 radical (unpaired) electrons. The second kappa shape index (κ2) is 5.63. The number of carbonyl (C=O) groups is 2. The number of nitrogen functional groups attached to an aromatic ring is 1. The van der Waals surface area contributed by atoms with Crippen molar-refractivity contribution >= 4 is 23.3 Å². The van der Waals surface area contributed by atoms with E-state index >= 15 is 0 Å². The Morgan fingerprint density at radius 3 is 2.76 bits per heavy atom. The quantitative estimate of drug-likeness (QED) is 0.641. The van der Waals surface area contributed by atoms with Gasteiger partial charge in [0, 0.05) is 25.8 Å². The fourth-order valence-corrected chi connectivity index (χ4v) is 2.76. The summed E-state index contributed by atoms with van der Waals surface area (Å²) >= 11 is 0. The van der Waals surface area contributed by atoms with E-state index in [1.54, 1.807) is 25.2 Å². The number of rotatable bonds is 3. The smallest absolute Gasteiger partial charge is 0.340 e. The van der Waals surface area contributed by atoms with Gasteiger partial charge in [0.1, 0.15) is 0 Å². The van der Waals surface area contributed by atoms with Crippen LogP contribution in [0.5, 0.6) is 0 Å². The summed E-state index contributed by atoms with van der Waals surface area (Å²) in [5, 5.41) is 2.70. The predicted octanol–water partition coefficient (Wildman–Crippen LogP) is 1.02. The molecule has 1 aliphatic heterocycles. The van der Waals surface area contributed by atoms with Gasteiger partial charge in [-0.1, -0.05) is 0 Å². The third-order valence-corrected chi connectivity index (χ3v) is 4.02. The summed E-state index contributed by atoms with van der Waals surface area (Å²) in [6.07, 6.45) is 0.734. The van der Waals surface area contributed by atoms with Crippen LogP contribution in [-0.2, 0) is 9.53 Å². The number of amides is 1. The van der Waals surface area contributed by atoms with Crippen LogP contribution in [0, 0.1) is 5.41 Å². The molecule has 1 saturated heterocycles. The number of anilines is 2. The molecule has 1 aliphatic rings. The van der Waals surface area contributed by atoms with E-state index in [0.717, 1.165) is 12.1 Å². The van der Waals surface area contributed by atoms with Crippen molar-refractivity contribution < 1.29 is 14.3 Å². The molecule has 1 aromatic carbocycles. The van der Waals surface area contributed by atoms with Gasteiger partial charge in [-0.2, -0.15) is 0 Å². The molecule has 1 heterocycles. The summed E-state index contributed by atoms with van der Waals surface area (Å²) in [5.41, 5.74) is 6.99. The van der Waals surface area contributed by atoms with Gasteiger partial charge in [-0.05, 0) is 31.5 Å². The van der Waals surface area contributed by atoms with Crippen LogP contribution in [0.2, 0.25) is 0 Å². The van der Waals surface area contributed by atoms with Crippen LogP contribution in [0.15, 0.2) is 18.2 Å². The highest BCUT2D eigenvalue weighted by molar-refractivity contribution is 5.97. The van der Waals surface area contributed by atoms with E-state index in [2.05, 4.69) is 5.32 Å². The molecule has 1 atom stereocenters. The second-order valence-electron chi connectivity index (χ2n) is 5.58. The van der Waals surface area contributed by atoms with E-state index in [0.29, 0.717) is 24.3 Å². The summed E-state index contributed by atoms with van der Waals surface area (Å²) in [4.78, 5) is 25.9. The molecule has 0 aliphatic carbocycles. The van der Waals surface area contributed by atoms with Gasteiger partial charge in [0.2, 0.25) is 5.91 Å². The average molecular weight is 291 g/mol. The Hall–Kier alpha value is -2.24. The number of benzene rings is 1.